The first-order valence-electron chi connectivity index (χ1n) is 7.76. The fourth-order valence-electron chi connectivity index (χ4n) is 3.59. The maximum Gasteiger partial charge on any atom is 0.231 e. The molecule has 0 unspecified atom stereocenters. The van der Waals surface area contributed by atoms with E-state index in [1.807, 2.05) is 30.3 Å². The van der Waals surface area contributed by atoms with E-state index in [1.165, 1.54) is 0 Å². The van der Waals surface area contributed by atoms with Gasteiger partial charge in [0.2, 0.25) is 13.1 Å². The molecule has 6 nitrogen and oxygen atoms in total. The monoisotopic (exact) mass is 328 g/mol. The molecule has 0 aliphatic carbocycles. The lowest BCUT2D eigenvalue weighted by Crippen LogP contribution is -2.34. The highest BCUT2D eigenvalue weighted by atomic mass is 16.7. The van der Waals surface area contributed by atoms with Crippen molar-refractivity contribution in [2.24, 2.45) is 0 Å². The number of hydrogen-bond acceptors (Lipinski definition) is 6. The molecule has 5 rings (SSSR count). The summed E-state index contributed by atoms with van der Waals surface area (Å²) < 4.78 is 34.1. The zero-order valence-corrected chi connectivity index (χ0v) is 13.3. The lowest BCUT2D eigenvalue weighted by atomic mass is 9.88. The van der Waals surface area contributed by atoms with Crippen LogP contribution in [0.1, 0.15) is 23.1 Å². The van der Waals surface area contributed by atoms with Gasteiger partial charge in [-0.1, -0.05) is 0 Å². The van der Waals surface area contributed by atoms with E-state index in [4.69, 9.17) is 28.4 Å². The number of fused-ring (bicyclic) bond motifs is 6. The standard InChI is InChI=1S/C18H16O6/c1-19-9-3-4-10-12(5-9)24-18(20-2)16-11-6-14-15(22-8-21-14)7-13(11)23-17(10)16/h3-7,16-18H,8H2,1-2H3/t16-,17-,18+/m1/s1. The molecule has 0 saturated heterocycles. The summed E-state index contributed by atoms with van der Waals surface area (Å²) >= 11 is 0. The summed E-state index contributed by atoms with van der Waals surface area (Å²) in [4.78, 5) is 0. The molecule has 0 amide bonds. The predicted molar refractivity (Wildman–Crippen MR) is 83.1 cm³/mol. The highest BCUT2D eigenvalue weighted by Gasteiger charge is 2.47. The largest absolute Gasteiger partial charge is 0.497 e. The minimum absolute atomic E-state index is 0.0691. The molecule has 0 spiro atoms. The van der Waals surface area contributed by atoms with Gasteiger partial charge in [-0.15, -0.1) is 0 Å². The van der Waals surface area contributed by atoms with Gasteiger partial charge < -0.3 is 28.4 Å². The van der Waals surface area contributed by atoms with Gasteiger partial charge in [-0.3, -0.25) is 0 Å². The van der Waals surface area contributed by atoms with Gasteiger partial charge >= 0.3 is 0 Å². The van der Waals surface area contributed by atoms with E-state index >= 15 is 0 Å². The number of methoxy groups -OCH3 is 2. The Bertz CT molecular complexity index is 817. The number of rotatable bonds is 2. The Hall–Kier alpha value is -2.60. The molecule has 2 aromatic rings. The molecule has 3 atom stereocenters. The van der Waals surface area contributed by atoms with Crippen LogP contribution in [0, 0.1) is 0 Å². The van der Waals surface area contributed by atoms with Gasteiger partial charge in [0.25, 0.3) is 0 Å². The third-order valence-corrected chi connectivity index (χ3v) is 4.74. The molecular formula is C18H16O6. The van der Waals surface area contributed by atoms with E-state index < -0.39 is 6.29 Å². The number of ether oxygens (including phenoxy) is 6. The van der Waals surface area contributed by atoms with E-state index in [1.54, 1.807) is 14.2 Å². The summed E-state index contributed by atoms with van der Waals surface area (Å²) in [7, 11) is 3.27. The first-order valence-corrected chi connectivity index (χ1v) is 7.76. The van der Waals surface area contributed by atoms with Crippen molar-refractivity contribution in [2.75, 3.05) is 21.0 Å². The number of benzene rings is 2. The van der Waals surface area contributed by atoms with E-state index in [0.29, 0.717) is 5.75 Å². The average Bonchev–Trinajstić information content (AvgIpc) is 3.22. The van der Waals surface area contributed by atoms with Gasteiger partial charge in [0.1, 0.15) is 23.4 Å². The topological polar surface area (TPSA) is 55.4 Å². The molecule has 0 aromatic heterocycles. The molecule has 0 bridgehead atoms. The molecule has 3 heterocycles. The molecule has 2 aromatic carbocycles. The van der Waals surface area contributed by atoms with E-state index in [-0.39, 0.29) is 18.8 Å². The van der Waals surface area contributed by atoms with Crippen LogP contribution in [-0.4, -0.2) is 27.3 Å². The first kappa shape index (κ1) is 13.8. The summed E-state index contributed by atoms with van der Waals surface area (Å²) in [5, 5.41) is 0. The molecule has 0 saturated carbocycles. The molecule has 3 aliphatic rings. The fourth-order valence-corrected chi connectivity index (χ4v) is 3.59. The van der Waals surface area contributed by atoms with Crippen molar-refractivity contribution >= 4 is 0 Å². The summed E-state index contributed by atoms with van der Waals surface area (Å²) in [5.74, 6) is 3.60. The fraction of sp³-hybridized carbons (Fsp3) is 0.333. The SMILES string of the molecule is COc1ccc2c(c1)O[C@H](OC)[C@@H]1c3cc4c(cc3O[C@H]21)OCO4. The second-order valence-corrected chi connectivity index (χ2v) is 5.93. The van der Waals surface area contributed by atoms with Crippen molar-refractivity contribution in [1.82, 2.24) is 0 Å². The third kappa shape index (κ3) is 1.80. The Kier molecular flexibility index (Phi) is 2.84. The van der Waals surface area contributed by atoms with E-state index in [2.05, 4.69) is 0 Å². The van der Waals surface area contributed by atoms with Crippen molar-refractivity contribution in [2.45, 2.75) is 18.3 Å². The van der Waals surface area contributed by atoms with Crippen molar-refractivity contribution in [3.05, 3.63) is 41.5 Å². The van der Waals surface area contributed by atoms with E-state index in [0.717, 1.165) is 34.1 Å². The second-order valence-electron chi connectivity index (χ2n) is 5.93. The zero-order valence-electron chi connectivity index (χ0n) is 13.3. The van der Waals surface area contributed by atoms with Gasteiger partial charge in [0, 0.05) is 30.4 Å². The van der Waals surface area contributed by atoms with Crippen molar-refractivity contribution < 1.29 is 28.4 Å². The highest BCUT2D eigenvalue weighted by Crippen LogP contribution is 2.56. The van der Waals surface area contributed by atoms with Crippen LogP contribution in [0.2, 0.25) is 0 Å². The quantitative estimate of drug-likeness (QED) is 0.845. The van der Waals surface area contributed by atoms with Crippen LogP contribution in [-0.2, 0) is 4.74 Å². The van der Waals surface area contributed by atoms with Gasteiger partial charge in [-0.25, -0.2) is 0 Å². The van der Waals surface area contributed by atoms with Crippen molar-refractivity contribution in [3.63, 3.8) is 0 Å². The van der Waals surface area contributed by atoms with Crippen LogP contribution >= 0.6 is 0 Å². The molecule has 0 N–H and O–H groups in total. The smallest absolute Gasteiger partial charge is 0.231 e. The Balaban J connectivity index is 1.62. The average molecular weight is 328 g/mol. The van der Waals surface area contributed by atoms with Crippen molar-refractivity contribution in [1.29, 1.82) is 0 Å². The highest BCUT2D eigenvalue weighted by molar-refractivity contribution is 5.58. The zero-order chi connectivity index (χ0) is 16.3. The molecule has 124 valence electrons. The molecule has 3 aliphatic heterocycles. The molecular weight excluding hydrogens is 312 g/mol. The van der Waals surface area contributed by atoms with Gasteiger partial charge in [-0.05, 0) is 18.2 Å². The normalized spacial score (nSPS) is 25.2. The van der Waals surface area contributed by atoms with Crippen molar-refractivity contribution in [3.8, 4) is 28.7 Å². The predicted octanol–water partition coefficient (Wildman–Crippen LogP) is 3.01. The Morgan fingerprint density at radius 2 is 1.67 bits per heavy atom. The Morgan fingerprint density at radius 3 is 2.46 bits per heavy atom. The maximum absolute atomic E-state index is 6.23. The Labute approximate surface area is 138 Å². The lowest BCUT2D eigenvalue weighted by molar-refractivity contribution is -0.0994. The lowest BCUT2D eigenvalue weighted by Gasteiger charge is -2.34. The van der Waals surface area contributed by atoms with Crippen LogP contribution in [0.5, 0.6) is 28.7 Å². The van der Waals surface area contributed by atoms with E-state index in [9.17, 15) is 0 Å². The molecule has 0 fully saturated rings. The summed E-state index contributed by atoms with van der Waals surface area (Å²) in [6.07, 6.45) is -0.627. The van der Waals surface area contributed by atoms with Crippen LogP contribution < -0.4 is 23.7 Å². The third-order valence-electron chi connectivity index (χ3n) is 4.74. The van der Waals surface area contributed by atoms with Crippen LogP contribution in [0.15, 0.2) is 30.3 Å². The number of hydrogen-bond donors (Lipinski definition) is 0. The Morgan fingerprint density at radius 1 is 0.875 bits per heavy atom. The summed E-state index contributed by atoms with van der Waals surface area (Å²) in [6, 6.07) is 9.59. The molecule has 0 radical (unpaired) electrons. The van der Waals surface area contributed by atoms with Crippen LogP contribution in [0.3, 0.4) is 0 Å². The van der Waals surface area contributed by atoms with Gasteiger partial charge in [0.15, 0.2) is 11.5 Å². The maximum atomic E-state index is 6.23. The van der Waals surface area contributed by atoms with Gasteiger partial charge in [0.05, 0.1) is 13.0 Å². The minimum atomic E-state index is -0.448. The van der Waals surface area contributed by atoms with Gasteiger partial charge in [-0.2, -0.15) is 0 Å². The summed E-state index contributed by atoms with van der Waals surface area (Å²) in [5.41, 5.74) is 1.99. The molecule has 6 heteroatoms. The second kappa shape index (κ2) is 4.95. The van der Waals surface area contributed by atoms with Crippen LogP contribution in [0.4, 0.5) is 0 Å². The van der Waals surface area contributed by atoms with Crippen LogP contribution in [0.25, 0.3) is 0 Å². The summed E-state index contributed by atoms with van der Waals surface area (Å²) in [6.45, 7) is 0.235. The molecule has 24 heavy (non-hydrogen) atoms. The minimum Gasteiger partial charge on any atom is -0.497 e. The first-order chi connectivity index (χ1) is 11.8.